The average Bonchev–Trinajstić information content (AvgIpc) is 3.30. The summed E-state index contributed by atoms with van der Waals surface area (Å²) in [5, 5.41) is 21.3. The van der Waals surface area contributed by atoms with E-state index in [1.54, 1.807) is 23.3 Å². The Labute approximate surface area is 168 Å². The molecule has 0 radical (unpaired) electrons. The number of aliphatic hydroxyl groups excluding tert-OH is 1. The van der Waals surface area contributed by atoms with Gasteiger partial charge in [-0.2, -0.15) is 5.10 Å². The van der Waals surface area contributed by atoms with Gasteiger partial charge in [0.05, 0.1) is 23.6 Å². The van der Waals surface area contributed by atoms with Crippen LogP contribution in [0.3, 0.4) is 0 Å². The zero-order chi connectivity index (χ0) is 19.8. The van der Waals surface area contributed by atoms with Crippen molar-refractivity contribution in [3.05, 3.63) is 90.4 Å². The Morgan fingerprint density at radius 2 is 1.66 bits per heavy atom. The molecule has 6 heteroatoms. The van der Waals surface area contributed by atoms with Crippen molar-refractivity contribution in [3.63, 3.8) is 0 Å². The summed E-state index contributed by atoms with van der Waals surface area (Å²) < 4.78 is 1.79. The van der Waals surface area contributed by atoms with Crippen molar-refractivity contribution in [2.75, 3.05) is 5.32 Å². The Morgan fingerprint density at radius 3 is 2.31 bits per heavy atom. The van der Waals surface area contributed by atoms with Crippen molar-refractivity contribution >= 4 is 5.69 Å². The standard InChI is InChI=1S/C23H21N5O/c1-28-21(10-11-25-28)15-12-16(14-24-13-15)26-23(29)27-22-19-8-4-2-6-17(19)18-7-3-5-9-20(18)22/h2-14,22-23,26-27,29H,1H3. The van der Waals surface area contributed by atoms with Crippen molar-refractivity contribution in [1.29, 1.82) is 0 Å². The van der Waals surface area contributed by atoms with Crippen LogP contribution in [-0.4, -0.2) is 26.2 Å². The molecule has 29 heavy (non-hydrogen) atoms. The molecule has 2 heterocycles. The summed E-state index contributed by atoms with van der Waals surface area (Å²) in [6, 6.07) is 20.4. The fourth-order valence-corrected chi connectivity index (χ4v) is 4.01. The number of anilines is 1. The molecule has 2 aromatic heterocycles. The first-order valence-electron chi connectivity index (χ1n) is 9.53. The van der Waals surface area contributed by atoms with E-state index in [1.165, 1.54) is 11.1 Å². The van der Waals surface area contributed by atoms with E-state index in [0.29, 0.717) is 0 Å². The van der Waals surface area contributed by atoms with Gasteiger partial charge < -0.3 is 10.4 Å². The third-order valence-corrected chi connectivity index (χ3v) is 5.32. The number of pyridine rings is 1. The highest BCUT2D eigenvalue weighted by molar-refractivity contribution is 5.78. The highest BCUT2D eigenvalue weighted by atomic mass is 16.3. The molecule has 3 N–H and O–H groups in total. The van der Waals surface area contributed by atoms with Gasteiger partial charge in [-0.05, 0) is 34.4 Å². The van der Waals surface area contributed by atoms with Crippen LogP contribution in [0.15, 0.2) is 79.3 Å². The normalized spacial score (nSPS) is 13.7. The van der Waals surface area contributed by atoms with Crippen molar-refractivity contribution in [2.45, 2.75) is 12.4 Å². The smallest absolute Gasteiger partial charge is 0.182 e. The lowest BCUT2D eigenvalue weighted by Crippen LogP contribution is -2.38. The number of nitrogens with one attached hydrogen (secondary N) is 2. The summed E-state index contributed by atoms with van der Waals surface area (Å²) in [7, 11) is 1.89. The van der Waals surface area contributed by atoms with E-state index in [9.17, 15) is 5.11 Å². The fraction of sp³-hybridized carbons (Fsp3) is 0.130. The first kappa shape index (κ1) is 17.6. The second-order valence-electron chi connectivity index (χ2n) is 7.12. The molecule has 0 saturated heterocycles. The van der Waals surface area contributed by atoms with E-state index >= 15 is 0 Å². The second-order valence-corrected chi connectivity index (χ2v) is 7.12. The Kier molecular flexibility index (Phi) is 4.35. The molecule has 0 amide bonds. The number of benzene rings is 2. The molecular weight excluding hydrogens is 362 g/mol. The van der Waals surface area contributed by atoms with E-state index in [1.807, 2.05) is 43.4 Å². The SMILES string of the molecule is Cn1nccc1-c1cncc(NC(O)NC2c3ccccc3-c3ccccc32)c1. The summed E-state index contributed by atoms with van der Waals surface area (Å²) in [5.74, 6) is 0. The summed E-state index contributed by atoms with van der Waals surface area (Å²) in [6.07, 6.45) is 4.29. The van der Waals surface area contributed by atoms with Gasteiger partial charge in [0.25, 0.3) is 0 Å². The summed E-state index contributed by atoms with van der Waals surface area (Å²) >= 11 is 0. The quantitative estimate of drug-likeness (QED) is 0.460. The zero-order valence-electron chi connectivity index (χ0n) is 15.9. The number of nitrogens with zero attached hydrogens (tertiary/aromatic N) is 3. The molecule has 4 aromatic rings. The van der Waals surface area contributed by atoms with Gasteiger partial charge >= 0.3 is 0 Å². The molecule has 1 unspecified atom stereocenters. The first-order chi connectivity index (χ1) is 14.2. The summed E-state index contributed by atoms with van der Waals surface area (Å²) in [5.41, 5.74) is 7.34. The maximum absolute atomic E-state index is 10.7. The van der Waals surface area contributed by atoms with Gasteiger partial charge in [0.15, 0.2) is 6.35 Å². The van der Waals surface area contributed by atoms with Crippen molar-refractivity contribution in [2.24, 2.45) is 7.05 Å². The number of aryl methyl sites for hydroxylation is 1. The Balaban J connectivity index is 1.38. The molecule has 144 valence electrons. The van der Waals surface area contributed by atoms with Gasteiger partial charge in [0, 0.05) is 25.0 Å². The van der Waals surface area contributed by atoms with Crippen LogP contribution in [0, 0.1) is 0 Å². The van der Waals surface area contributed by atoms with Crippen LogP contribution in [0.1, 0.15) is 17.2 Å². The van der Waals surface area contributed by atoms with Crippen molar-refractivity contribution in [1.82, 2.24) is 20.1 Å². The maximum atomic E-state index is 10.7. The van der Waals surface area contributed by atoms with Crippen LogP contribution < -0.4 is 10.6 Å². The number of fused-ring (bicyclic) bond motifs is 3. The summed E-state index contributed by atoms with van der Waals surface area (Å²) in [6.45, 7) is 0. The molecular formula is C23H21N5O. The lowest BCUT2D eigenvalue weighted by Gasteiger charge is -2.22. The lowest BCUT2D eigenvalue weighted by molar-refractivity contribution is 0.156. The fourth-order valence-electron chi connectivity index (χ4n) is 4.01. The van der Waals surface area contributed by atoms with Gasteiger partial charge in [-0.3, -0.25) is 15.0 Å². The summed E-state index contributed by atoms with van der Waals surface area (Å²) in [4.78, 5) is 4.30. The van der Waals surface area contributed by atoms with Gasteiger partial charge in [-0.1, -0.05) is 48.5 Å². The molecule has 1 aliphatic carbocycles. The number of aromatic nitrogens is 3. The predicted octanol–water partition coefficient (Wildman–Crippen LogP) is 3.53. The van der Waals surface area contributed by atoms with E-state index in [4.69, 9.17) is 0 Å². The van der Waals surface area contributed by atoms with E-state index in [-0.39, 0.29) is 6.04 Å². The van der Waals surface area contributed by atoms with Gasteiger partial charge in [-0.15, -0.1) is 0 Å². The number of aliphatic hydroxyl groups is 1. The molecule has 0 aliphatic heterocycles. The number of hydrogen-bond donors (Lipinski definition) is 3. The van der Waals surface area contributed by atoms with Gasteiger partial charge in [0.2, 0.25) is 0 Å². The van der Waals surface area contributed by atoms with E-state index < -0.39 is 6.35 Å². The highest BCUT2D eigenvalue weighted by Crippen LogP contribution is 2.43. The highest BCUT2D eigenvalue weighted by Gasteiger charge is 2.29. The lowest BCUT2D eigenvalue weighted by atomic mass is 10.1. The molecule has 0 bridgehead atoms. The number of rotatable bonds is 5. The van der Waals surface area contributed by atoms with Crippen LogP contribution >= 0.6 is 0 Å². The third kappa shape index (κ3) is 3.18. The minimum atomic E-state index is -0.942. The monoisotopic (exact) mass is 383 g/mol. The molecule has 5 rings (SSSR count). The third-order valence-electron chi connectivity index (χ3n) is 5.32. The predicted molar refractivity (Wildman–Crippen MR) is 113 cm³/mol. The van der Waals surface area contributed by atoms with Crippen molar-refractivity contribution < 1.29 is 5.11 Å². The minimum absolute atomic E-state index is 0.0851. The largest absolute Gasteiger partial charge is 0.361 e. The first-order valence-corrected chi connectivity index (χ1v) is 9.53. The van der Waals surface area contributed by atoms with Crippen LogP contribution in [0.2, 0.25) is 0 Å². The minimum Gasteiger partial charge on any atom is -0.361 e. The Morgan fingerprint density at radius 1 is 0.966 bits per heavy atom. The van der Waals surface area contributed by atoms with E-state index in [0.717, 1.165) is 28.1 Å². The zero-order valence-corrected chi connectivity index (χ0v) is 15.9. The Hall–Kier alpha value is -3.48. The van der Waals surface area contributed by atoms with Crippen molar-refractivity contribution in [3.8, 4) is 22.4 Å². The van der Waals surface area contributed by atoms with Crippen LogP contribution in [0.4, 0.5) is 5.69 Å². The van der Waals surface area contributed by atoms with Gasteiger partial charge in [0.1, 0.15) is 0 Å². The second kappa shape index (κ2) is 7.16. The van der Waals surface area contributed by atoms with Gasteiger partial charge in [-0.25, -0.2) is 0 Å². The molecule has 6 nitrogen and oxygen atoms in total. The molecule has 1 atom stereocenters. The average molecular weight is 383 g/mol. The number of hydrogen-bond acceptors (Lipinski definition) is 5. The van der Waals surface area contributed by atoms with Crippen LogP contribution in [0.25, 0.3) is 22.4 Å². The topological polar surface area (TPSA) is 75.0 Å². The molecule has 1 aliphatic rings. The molecule has 2 aromatic carbocycles. The van der Waals surface area contributed by atoms with E-state index in [2.05, 4.69) is 45.0 Å². The molecule has 0 spiro atoms. The molecule has 0 fully saturated rings. The van der Waals surface area contributed by atoms with Crippen LogP contribution in [0.5, 0.6) is 0 Å². The Bertz CT molecular complexity index is 1120. The maximum Gasteiger partial charge on any atom is 0.182 e. The molecule has 0 saturated carbocycles. The van der Waals surface area contributed by atoms with Crippen LogP contribution in [-0.2, 0) is 7.05 Å².